The Balaban J connectivity index is 2.90. The molecule has 1 amide bonds. The molecule has 7 heteroatoms. The second-order valence-electron chi connectivity index (χ2n) is 3.68. The molecule has 98 valence electrons. The van der Waals surface area contributed by atoms with E-state index in [4.69, 9.17) is 16.7 Å². The zero-order valence-corrected chi connectivity index (χ0v) is 10.5. The fourth-order valence-electron chi connectivity index (χ4n) is 1.34. The predicted molar refractivity (Wildman–Crippen MR) is 66.7 cm³/mol. The van der Waals surface area contributed by atoms with E-state index in [1.807, 2.05) is 6.92 Å². The number of non-ortho nitro benzene ring substituents is 1. The molecule has 18 heavy (non-hydrogen) atoms. The molecule has 1 rings (SSSR count). The van der Waals surface area contributed by atoms with Gasteiger partial charge in [0, 0.05) is 12.1 Å². The summed E-state index contributed by atoms with van der Waals surface area (Å²) < 4.78 is 0. The predicted octanol–water partition coefficient (Wildman–Crippen LogP) is 1.75. The fourth-order valence-corrected chi connectivity index (χ4v) is 1.60. The number of hydrogen-bond donors (Lipinski definition) is 2. The van der Waals surface area contributed by atoms with E-state index in [0.29, 0.717) is 6.42 Å². The van der Waals surface area contributed by atoms with Crippen molar-refractivity contribution in [2.75, 3.05) is 6.61 Å². The Labute approximate surface area is 109 Å². The van der Waals surface area contributed by atoms with Gasteiger partial charge in [0.1, 0.15) is 0 Å². The molecule has 6 nitrogen and oxygen atoms in total. The van der Waals surface area contributed by atoms with Gasteiger partial charge < -0.3 is 10.4 Å². The number of nitro groups is 1. The van der Waals surface area contributed by atoms with E-state index in [9.17, 15) is 14.9 Å². The highest BCUT2D eigenvalue weighted by molar-refractivity contribution is 6.34. The van der Waals surface area contributed by atoms with Crippen LogP contribution in [0.3, 0.4) is 0 Å². The van der Waals surface area contributed by atoms with E-state index in [-0.39, 0.29) is 28.9 Å². The minimum Gasteiger partial charge on any atom is -0.394 e. The molecule has 2 N–H and O–H groups in total. The number of aliphatic hydroxyl groups is 1. The number of nitrogens with zero attached hydrogens (tertiary/aromatic N) is 1. The molecule has 0 fully saturated rings. The average Bonchev–Trinajstić information content (AvgIpc) is 2.35. The molecule has 0 unspecified atom stereocenters. The lowest BCUT2D eigenvalue weighted by Crippen LogP contribution is -2.37. The Morgan fingerprint density at radius 1 is 1.61 bits per heavy atom. The molecule has 0 aliphatic heterocycles. The Bertz CT molecular complexity index is 460. The van der Waals surface area contributed by atoms with Gasteiger partial charge in [0.15, 0.2) is 0 Å². The zero-order valence-electron chi connectivity index (χ0n) is 9.72. The molecule has 1 aromatic rings. The monoisotopic (exact) mass is 272 g/mol. The Kier molecular flexibility index (Phi) is 5.06. The van der Waals surface area contributed by atoms with Crippen LogP contribution in [0.4, 0.5) is 5.69 Å². The van der Waals surface area contributed by atoms with E-state index in [1.54, 1.807) is 0 Å². The van der Waals surface area contributed by atoms with Crippen molar-refractivity contribution in [2.24, 2.45) is 0 Å². The Morgan fingerprint density at radius 2 is 2.28 bits per heavy atom. The van der Waals surface area contributed by atoms with Gasteiger partial charge in [-0.3, -0.25) is 14.9 Å². The van der Waals surface area contributed by atoms with Crippen molar-refractivity contribution in [3.63, 3.8) is 0 Å². The maximum absolute atomic E-state index is 11.8. The van der Waals surface area contributed by atoms with Crippen molar-refractivity contribution in [3.8, 4) is 0 Å². The van der Waals surface area contributed by atoms with Crippen molar-refractivity contribution in [2.45, 2.75) is 19.4 Å². The van der Waals surface area contributed by atoms with Crippen molar-refractivity contribution in [3.05, 3.63) is 38.9 Å². The average molecular weight is 273 g/mol. The lowest BCUT2D eigenvalue weighted by atomic mass is 10.1. The van der Waals surface area contributed by atoms with Gasteiger partial charge in [-0.25, -0.2) is 0 Å². The minimum absolute atomic E-state index is 0.00879. The van der Waals surface area contributed by atoms with Gasteiger partial charge in [-0.2, -0.15) is 0 Å². The number of rotatable bonds is 5. The molecule has 0 radical (unpaired) electrons. The number of benzene rings is 1. The standard InChI is InChI=1S/C11H13ClN2O4/c1-2-7(6-15)13-11(16)9-4-3-8(14(17)18)5-10(9)12/h3-5,7,15H,2,6H2,1H3,(H,13,16)/t7-/m0/s1. The van der Waals surface area contributed by atoms with Crippen molar-refractivity contribution < 1.29 is 14.8 Å². The van der Waals surface area contributed by atoms with E-state index in [1.165, 1.54) is 12.1 Å². The summed E-state index contributed by atoms with van der Waals surface area (Å²) in [4.78, 5) is 21.7. The van der Waals surface area contributed by atoms with E-state index in [2.05, 4.69) is 5.32 Å². The van der Waals surface area contributed by atoms with Crippen LogP contribution in [0.25, 0.3) is 0 Å². The molecular weight excluding hydrogens is 260 g/mol. The van der Waals surface area contributed by atoms with E-state index >= 15 is 0 Å². The fraction of sp³-hybridized carbons (Fsp3) is 0.364. The van der Waals surface area contributed by atoms with Gasteiger partial charge >= 0.3 is 0 Å². The summed E-state index contributed by atoms with van der Waals surface area (Å²) in [6.07, 6.45) is 0.576. The summed E-state index contributed by atoms with van der Waals surface area (Å²) in [6.45, 7) is 1.64. The van der Waals surface area contributed by atoms with Crippen LogP contribution in [0.5, 0.6) is 0 Å². The zero-order chi connectivity index (χ0) is 13.7. The van der Waals surface area contributed by atoms with Crippen LogP contribution in [0, 0.1) is 10.1 Å². The van der Waals surface area contributed by atoms with Gasteiger partial charge in [-0.05, 0) is 12.5 Å². The summed E-state index contributed by atoms with van der Waals surface area (Å²) in [6, 6.07) is 3.26. The summed E-state index contributed by atoms with van der Waals surface area (Å²) >= 11 is 5.81. The summed E-state index contributed by atoms with van der Waals surface area (Å²) in [7, 11) is 0. The van der Waals surface area contributed by atoms with Gasteiger partial charge in [0.05, 0.1) is 28.2 Å². The molecule has 1 atom stereocenters. The SMILES string of the molecule is CC[C@@H](CO)NC(=O)c1ccc([N+](=O)[O-])cc1Cl. The van der Waals surface area contributed by atoms with Crippen molar-refractivity contribution in [1.82, 2.24) is 5.32 Å². The largest absolute Gasteiger partial charge is 0.394 e. The first-order chi connectivity index (χ1) is 8.49. The molecule has 0 aliphatic carbocycles. The lowest BCUT2D eigenvalue weighted by molar-refractivity contribution is -0.384. The molecular formula is C11H13ClN2O4. The Hall–Kier alpha value is -1.66. The lowest BCUT2D eigenvalue weighted by Gasteiger charge is -2.14. The quantitative estimate of drug-likeness (QED) is 0.631. The van der Waals surface area contributed by atoms with Crippen molar-refractivity contribution in [1.29, 1.82) is 0 Å². The first-order valence-electron chi connectivity index (χ1n) is 5.35. The van der Waals surface area contributed by atoms with Gasteiger partial charge in [-0.15, -0.1) is 0 Å². The molecule has 0 aliphatic rings. The molecule has 0 saturated heterocycles. The third kappa shape index (κ3) is 3.41. The molecule has 0 heterocycles. The van der Waals surface area contributed by atoms with E-state index in [0.717, 1.165) is 6.07 Å². The summed E-state index contributed by atoms with van der Waals surface area (Å²) in [5, 5.41) is 22.1. The molecule has 0 aromatic heterocycles. The van der Waals surface area contributed by atoms with Crippen LogP contribution >= 0.6 is 11.6 Å². The third-order valence-electron chi connectivity index (χ3n) is 2.46. The second kappa shape index (κ2) is 6.32. The molecule has 0 bridgehead atoms. The highest BCUT2D eigenvalue weighted by Gasteiger charge is 2.17. The maximum Gasteiger partial charge on any atom is 0.270 e. The third-order valence-corrected chi connectivity index (χ3v) is 2.77. The number of amides is 1. The van der Waals surface area contributed by atoms with E-state index < -0.39 is 10.8 Å². The topological polar surface area (TPSA) is 92.5 Å². The second-order valence-corrected chi connectivity index (χ2v) is 4.09. The highest BCUT2D eigenvalue weighted by Crippen LogP contribution is 2.22. The van der Waals surface area contributed by atoms with Crippen LogP contribution in [0.15, 0.2) is 18.2 Å². The van der Waals surface area contributed by atoms with Crippen LogP contribution in [0.2, 0.25) is 5.02 Å². The number of aliphatic hydroxyl groups excluding tert-OH is 1. The van der Waals surface area contributed by atoms with Crippen LogP contribution in [-0.4, -0.2) is 28.6 Å². The number of carbonyl (C=O) groups excluding carboxylic acids is 1. The van der Waals surface area contributed by atoms with Gasteiger partial charge in [0.2, 0.25) is 0 Å². The van der Waals surface area contributed by atoms with Crippen molar-refractivity contribution >= 4 is 23.2 Å². The Morgan fingerprint density at radius 3 is 2.72 bits per heavy atom. The number of halogens is 1. The number of nitro benzene ring substituents is 1. The highest BCUT2D eigenvalue weighted by atomic mass is 35.5. The number of hydrogen-bond acceptors (Lipinski definition) is 4. The van der Waals surface area contributed by atoms with Crippen LogP contribution in [-0.2, 0) is 0 Å². The minimum atomic E-state index is -0.587. The normalized spacial score (nSPS) is 11.9. The maximum atomic E-state index is 11.8. The van der Waals surface area contributed by atoms with Gasteiger partial charge in [0.25, 0.3) is 11.6 Å². The molecule has 1 aromatic carbocycles. The first kappa shape index (κ1) is 14.4. The van der Waals surface area contributed by atoms with Crippen LogP contribution < -0.4 is 5.32 Å². The number of carbonyl (C=O) groups is 1. The smallest absolute Gasteiger partial charge is 0.270 e. The van der Waals surface area contributed by atoms with Crippen LogP contribution in [0.1, 0.15) is 23.7 Å². The molecule has 0 spiro atoms. The number of nitrogens with one attached hydrogen (secondary N) is 1. The molecule has 0 saturated carbocycles. The van der Waals surface area contributed by atoms with Gasteiger partial charge in [-0.1, -0.05) is 18.5 Å². The summed E-state index contributed by atoms with van der Waals surface area (Å²) in [5.74, 6) is -0.462. The first-order valence-corrected chi connectivity index (χ1v) is 5.73. The summed E-state index contributed by atoms with van der Waals surface area (Å²) in [5.41, 5.74) is -0.0279.